The van der Waals surface area contributed by atoms with E-state index in [0.717, 1.165) is 11.8 Å². The molecule has 0 amide bonds. The number of rotatable bonds is 1. The minimum Gasteiger partial charge on any atom is -0.298 e. The molecular weight excluding hydrogens is 194 g/mol. The van der Waals surface area contributed by atoms with E-state index in [0.29, 0.717) is 5.54 Å². The van der Waals surface area contributed by atoms with Gasteiger partial charge < -0.3 is 0 Å². The van der Waals surface area contributed by atoms with Crippen molar-refractivity contribution in [3.8, 4) is 0 Å². The second-order valence-corrected chi connectivity index (χ2v) is 6.89. The second kappa shape index (κ2) is 5.08. The Kier molecular flexibility index (Phi) is 3.94. The van der Waals surface area contributed by atoms with Crippen LogP contribution in [0.1, 0.15) is 65.7 Å². The summed E-state index contributed by atoms with van der Waals surface area (Å²) >= 11 is 0. The number of hydrogen-bond acceptors (Lipinski definition) is 1. The van der Waals surface area contributed by atoms with E-state index >= 15 is 0 Å². The maximum absolute atomic E-state index is 2.67. The third-order valence-corrected chi connectivity index (χ3v) is 4.80. The molecule has 1 aliphatic heterocycles. The van der Waals surface area contributed by atoms with Gasteiger partial charge in [0.15, 0.2) is 0 Å². The maximum Gasteiger partial charge on any atom is 0.0125 e. The minimum absolute atomic E-state index is 0.386. The van der Waals surface area contributed by atoms with E-state index in [1.807, 2.05) is 0 Å². The van der Waals surface area contributed by atoms with Crippen LogP contribution in [0.25, 0.3) is 0 Å². The van der Waals surface area contributed by atoms with E-state index in [1.54, 1.807) is 0 Å². The van der Waals surface area contributed by atoms with E-state index < -0.39 is 0 Å². The van der Waals surface area contributed by atoms with E-state index in [2.05, 4.69) is 25.7 Å². The highest BCUT2D eigenvalue weighted by Crippen LogP contribution is 2.36. The Morgan fingerprint density at radius 1 is 0.750 bits per heavy atom. The molecule has 1 heteroatoms. The van der Waals surface area contributed by atoms with Crippen LogP contribution in [-0.4, -0.2) is 23.5 Å². The smallest absolute Gasteiger partial charge is 0.0125 e. The molecule has 0 aromatic rings. The molecule has 94 valence electrons. The minimum atomic E-state index is 0.386. The van der Waals surface area contributed by atoms with Crippen LogP contribution in [0, 0.1) is 11.8 Å². The Morgan fingerprint density at radius 3 is 1.75 bits per heavy atom. The molecule has 0 N–H and O–H groups in total. The summed E-state index contributed by atoms with van der Waals surface area (Å²) in [6, 6.07) is 0. The van der Waals surface area contributed by atoms with Crippen molar-refractivity contribution in [2.45, 2.75) is 71.3 Å². The molecule has 1 saturated heterocycles. The molecule has 1 heterocycles. The summed E-state index contributed by atoms with van der Waals surface area (Å²) in [5, 5.41) is 0. The van der Waals surface area contributed by atoms with Crippen LogP contribution in [0.2, 0.25) is 0 Å². The fourth-order valence-electron chi connectivity index (χ4n) is 3.65. The van der Waals surface area contributed by atoms with Crippen molar-refractivity contribution in [2.24, 2.45) is 11.8 Å². The molecule has 0 radical (unpaired) electrons. The quantitative estimate of drug-likeness (QED) is 0.647. The number of piperidine rings is 1. The van der Waals surface area contributed by atoms with Crippen molar-refractivity contribution in [3.05, 3.63) is 0 Å². The van der Waals surface area contributed by atoms with Crippen LogP contribution in [0.4, 0.5) is 0 Å². The monoisotopic (exact) mass is 223 g/mol. The molecule has 1 nitrogen and oxygen atoms in total. The van der Waals surface area contributed by atoms with Gasteiger partial charge in [-0.15, -0.1) is 0 Å². The van der Waals surface area contributed by atoms with Crippen LogP contribution in [-0.2, 0) is 0 Å². The van der Waals surface area contributed by atoms with Gasteiger partial charge >= 0.3 is 0 Å². The molecule has 1 aliphatic carbocycles. The van der Waals surface area contributed by atoms with Crippen molar-refractivity contribution < 1.29 is 0 Å². The molecule has 0 spiro atoms. The first-order valence-corrected chi connectivity index (χ1v) is 7.32. The van der Waals surface area contributed by atoms with Crippen molar-refractivity contribution in [3.63, 3.8) is 0 Å². The van der Waals surface area contributed by atoms with Gasteiger partial charge in [-0.05, 0) is 58.5 Å². The zero-order valence-electron chi connectivity index (χ0n) is 11.5. The van der Waals surface area contributed by atoms with Gasteiger partial charge in [-0.1, -0.05) is 32.1 Å². The number of hydrogen-bond donors (Lipinski definition) is 0. The molecule has 1 saturated carbocycles. The van der Waals surface area contributed by atoms with E-state index in [9.17, 15) is 0 Å². The average Bonchev–Trinajstić information content (AvgIpc) is 2.29. The van der Waals surface area contributed by atoms with Gasteiger partial charge in [0.05, 0.1) is 0 Å². The standard InChI is InChI=1S/C15H29N/c1-15(2,3)16-11-9-14(10-12-16)13-7-5-4-6-8-13/h13-14H,4-12H2,1-3H3. The Morgan fingerprint density at radius 2 is 1.25 bits per heavy atom. The zero-order valence-corrected chi connectivity index (χ0v) is 11.5. The third kappa shape index (κ3) is 3.00. The summed E-state index contributed by atoms with van der Waals surface area (Å²) in [4.78, 5) is 2.67. The highest BCUT2D eigenvalue weighted by Gasteiger charge is 2.31. The first-order valence-electron chi connectivity index (χ1n) is 7.32. The lowest BCUT2D eigenvalue weighted by Crippen LogP contribution is -2.47. The number of nitrogens with zero attached hydrogens (tertiary/aromatic N) is 1. The molecule has 2 fully saturated rings. The normalized spacial score (nSPS) is 27.2. The summed E-state index contributed by atoms with van der Waals surface area (Å²) < 4.78 is 0. The average molecular weight is 223 g/mol. The lowest BCUT2D eigenvalue weighted by atomic mass is 9.75. The van der Waals surface area contributed by atoms with E-state index in [-0.39, 0.29) is 0 Å². The van der Waals surface area contributed by atoms with Crippen LogP contribution in [0.3, 0.4) is 0 Å². The van der Waals surface area contributed by atoms with Gasteiger partial charge in [-0.25, -0.2) is 0 Å². The molecule has 0 aromatic heterocycles. The third-order valence-electron chi connectivity index (χ3n) is 4.80. The summed E-state index contributed by atoms with van der Waals surface area (Å²) in [6.45, 7) is 9.74. The Labute approximate surface area is 102 Å². The lowest BCUT2D eigenvalue weighted by molar-refractivity contribution is 0.0628. The highest BCUT2D eigenvalue weighted by atomic mass is 15.2. The topological polar surface area (TPSA) is 3.24 Å². The predicted octanol–water partition coefficient (Wildman–Crippen LogP) is 4.08. The largest absolute Gasteiger partial charge is 0.298 e. The van der Waals surface area contributed by atoms with Crippen LogP contribution in [0.15, 0.2) is 0 Å². The van der Waals surface area contributed by atoms with Gasteiger partial charge in [0.25, 0.3) is 0 Å². The number of likely N-dealkylation sites (tertiary alicyclic amines) is 1. The van der Waals surface area contributed by atoms with Gasteiger partial charge in [-0.3, -0.25) is 4.90 Å². The van der Waals surface area contributed by atoms with Gasteiger partial charge in [0, 0.05) is 5.54 Å². The second-order valence-electron chi connectivity index (χ2n) is 6.89. The molecule has 16 heavy (non-hydrogen) atoms. The summed E-state index contributed by atoms with van der Waals surface area (Å²) in [7, 11) is 0. The van der Waals surface area contributed by atoms with Gasteiger partial charge in [-0.2, -0.15) is 0 Å². The lowest BCUT2D eigenvalue weighted by Gasteiger charge is -2.43. The fourth-order valence-corrected chi connectivity index (χ4v) is 3.65. The SMILES string of the molecule is CC(C)(C)N1CCC(C2CCCCC2)CC1. The van der Waals surface area contributed by atoms with Gasteiger partial charge in [0.2, 0.25) is 0 Å². The molecular formula is C15H29N. The van der Waals surface area contributed by atoms with Crippen LogP contribution in [0.5, 0.6) is 0 Å². The predicted molar refractivity (Wildman–Crippen MR) is 70.6 cm³/mol. The Hall–Kier alpha value is -0.0400. The summed E-state index contributed by atoms with van der Waals surface area (Å²) in [6.07, 6.45) is 10.5. The van der Waals surface area contributed by atoms with Gasteiger partial charge in [0.1, 0.15) is 0 Å². The van der Waals surface area contributed by atoms with Crippen molar-refractivity contribution >= 4 is 0 Å². The van der Waals surface area contributed by atoms with Crippen molar-refractivity contribution in [2.75, 3.05) is 13.1 Å². The maximum atomic E-state index is 2.67. The van der Waals surface area contributed by atoms with Crippen molar-refractivity contribution in [1.82, 2.24) is 4.90 Å². The van der Waals surface area contributed by atoms with Crippen LogP contribution >= 0.6 is 0 Å². The molecule has 0 bridgehead atoms. The molecule has 0 atom stereocenters. The first kappa shape index (κ1) is 12.4. The molecule has 0 aromatic carbocycles. The fraction of sp³-hybridized carbons (Fsp3) is 1.00. The molecule has 2 rings (SSSR count). The van der Waals surface area contributed by atoms with E-state index in [4.69, 9.17) is 0 Å². The Bertz CT molecular complexity index is 202. The van der Waals surface area contributed by atoms with E-state index in [1.165, 1.54) is 58.0 Å². The summed E-state index contributed by atoms with van der Waals surface area (Å²) in [5.74, 6) is 2.13. The first-order chi connectivity index (χ1) is 7.57. The summed E-state index contributed by atoms with van der Waals surface area (Å²) in [5.41, 5.74) is 0.386. The Balaban J connectivity index is 1.80. The zero-order chi connectivity index (χ0) is 11.6. The van der Waals surface area contributed by atoms with Crippen molar-refractivity contribution in [1.29, 1.82) is 0 Å². The highest BCUT2D eigenvalue weighted by molar-refractivity contribution is 4.85. The molecule has 0 unspecified atom stereocenters. The van der Waals surface area contributed by atoms with Crippen LogP contribution < -0.4 is 0 Å². The molecule has 2 aliphatic rings.